The lowest BCUT2D eigenvalue weighted by molar-refractivity contribution is -0.384. The molecule has 1 aromatic carbocycles. The number of benzene rings is 1. The van der Waals surface area contributed by atoms with Crippen LogP contribution in [0, 0.1) is 10.1 Å². The smallest absolute Gasteiger partial charge is 0.269 e. The molecular formula is C12H13NO4. The number of carbonyl (C=O) groups is 1. The second kappa shape index (κ2) is 4.95. The van der Waals surface area contributed by atoms with Crippen LogP contribution in [0.4, 0.5) is 5.69 Å². The Labute approximate surface area is 98.5 Å². The molecule has 5 nitrogen and oxygen atoms in total. The van der Waals surface area contributed by atoms with Gasteiger partial charge < -0.3 is 4.74 Å². The van der Waals surface area contributed by atoms with E-state index in [1.54, 1.807) is 12.1 Å². The molecule has 17 heavy (non-hydrogen) atoms. The lowest BCUT2D eigenvalue weighted by Gasteiger charge is -2.22. The van der Waals surface area contributed by atoms with Crippen LogP contribution >= 0.6 is 0 Å². The van der Waals surface area contributed by atoms with Crippen molar-refractivity contribution in [3.8, 4) is 5.75 Å². The van der Waals surface area contributed by atoms with Crippen LogP contribution in [0.15, 0.2) is 24.3 Å². The van der Waals surface area contributed by atoms with E-state index in [4.69, 9.17) is 4.74 Å². The largest absolute Gasteiger partial charge is 0.490 e. The van der Waals surface area contributed by atoms with Crippen LogP contribution in [0.5, 0.6) is 5.75 Å². The molecule has 0 amide bonds. The molecule has 0 radical (unpaired) electrons. The van der Waals surface area contributed by atoms with Gasteiger partial charge in [-0.15, -0.1) is 0 Å². The van der Waals surface area contributed by atoms with Crippen molar-refractivity contribution in [1.29, 1.82) is 0 Å². The van der Waals surface area contributed by atoms with Gasteiger partial charge in [-0.1, -0.05) is 0 Å². The first-order valence-corrected chi connectivity index (χ1v) is 5.58. The predicted octanol–water partition coefficient (Wildman–Crippen LogP) is 2.49. The third-order valence-electron chi connectivity index (χ3n) is 2.84. The third-order valence-corrected chi connectivity index (χ3v) is 2.84. The normalized spacial score (nSPS) is 16.8. The quantitative estimate of drug-likeness (QED) is 0.596. The Morgan fingerprint density at radius 2 is 1.76 bits per heavy atom. The first kappa shape index (κ1) is 11.6. The summed E-state index contributed by atoms with van der Waals surface area (Å²) in [4.78, 5) is 21.1. The third kappa shape index (κ3) is 3.03. The minimum absolute atomic E-state index is 0.0501. The average Bonchev–Trinajstić information content (AvgIpc) is 2.33. The fourth-order valence-electron chi connectivity index (χ4n) is 1.87. The summed E-state index contributed by atoms with van der Waals surface area (Å²) < 4.78 is 5.66. The van der Waals surface area contributed by atoms with Crippen molar-refractivity contribution in [2.45, 2.75) is 31.8 Å². The van der Waals surface area contributed by atoms with E-state index in [9.17, 15) is 14.9 Å². The molecular weight excluding hydrogens is 222 g/mol. The number of ketones is 1. The number of rotatable bonds is 3. The van der Waals surface area contributed by atoms with E-state index in [2.05, 4.69) is 0 Å². The fourth-order valence-corrected chi connectivity index (χ4v) is 1.87. The highest BCUT2D eigenvalue weighted by Crippen LogP contribution is 2.23. The molecule has 1 fully saturated rings. The Hall–Kier alpha value is -1.91. The minimum atomic E-state index is -0.441. The number of carbonyl (C=O) groups excluding carboxylic acids is 1. The first-order chi connectivity index (χ1) is 8.15. The highest BCUT2D eigenvalue weighted by atomic mass is 16.6. The number of hydrogen-bond donors (Lipinski definition) is 0. The number of non-ortho nitro benzene ring substituents is 1. The zero-order chi connectivity index (χ0) is 12.3. The molecule has 5 heteroatoms. The molecule has 0 aromatic heterocycles. The summed E-state index contributed by atoms with van der Waals surface area (Å²) in [6.45, 7) is 0. The lowest BCUT2D eigenvalue weighted by Crippen LogP contribution is -2.23. The van der Waals surface area contributed by atoms with Gasteiger partial charge in [0.2, 0.25) is 0 Å². The molecule has 1 aromatic rings. The maximum atomic E-state index is 11.1. The number of nitrogens with zero attached hydrogens (tertiary/aromatic N) is 1. The highest BCUT2D eigenvalue weighted by Gasteiger charge is 2.20. The van der Waals surface area contributed by atoms with Crippen LogP contribution in [-0.4, -0.2) is 16.8 Å². The number of Topliss-reactive ketones (excluding diaryl/α,β-unsaturated/α-hetero) is 1. The van der Waals surface area contributed by atoms with Crippen molar-refractivity contribution >= 4 is 11.5 Å². The molecule has 1 aliphatic carbocycles. The minimum Gasteiger partial charge on any atom is -0.490 e. The first-order valence-electron chi connectivity index (χ1n) is 5.58. The second-order valence-electron chi connectivity index (χ2n) is 4.11. The summed E-state index contributed by atoms with van der Waals surface area (Å²) >= 11 is 0. The maximum absolute atomic E-state index is 11.1. The Balaban J connectivity index is 1.95. The van der Waals surface area contributed by atoms with E-state index < -0.39 is 4.92 Å². The molecule has 0 heterocycles. The molecule has 0 saturated heterocycles. The van der Waals surface area contributed by atoms with Gasteiger partial charge in [-0.2, -0.15) is 0 Å². The van der Waals surface area contributed by atoms with E-state index in [1.807, 2.05) is 0 Å². The van der Waals surface area contributed by atoms with Crippen LogP contribution in [0.3, 0.4) is 0 Å². The molecule has 0 bridgehead atoms. The SMILES string of the molecule is O=C1CCC(Oc2ccc([N+](=O)[O-])cc2)CC1. The van der Waals surface area contributed by atoms with E-state index >= 15 is 0 Å². The average molecular weight is 235 g/mol. The van der Waals surface area contributed by atoms with Gasteiger partial charge in [0.05, 0.1) is 11.0 Å². The molecule has 0 N–H and O–H groups in total. The molecule has 2 rings (SSSR count). The predicted molar refractivity (Wildman–Crippen MR) is 61.0 cm³/mol. The van der Waals surface area contributed by atoms with E-state index in [-0.39, 0.29) is 17.6 Å². The summed E-state index contributed by atoms with van der Waals surface area (Å²) in [5, 5.41) is 10.5. The van der Waals surface area contributed by atoms with Crippen molar-refractivity contribution in [2.24, 2.45) is 0 Å². The molecule has 90 valence electrons. The van der Waals surface area contributed by atoms with Gasteiger partial charge in [0.1, 0.15) is 11.5 Å². The summed E-state index contributed by atoms with van der Waals surface area (Å²) in [6, 6.07) is 6.02. The second-order valence-corrected chi connectivity index (χ2v) is 4.11. The molecule has 0 unspecified atom stereocenters. The molecule has 1 aliphatic rings. The molecule has 0 spiro atoms. The summed E-state index contributed by atoms with van der Waals surface area (Å²) in [7, 11) is 0. The van der Waals surface area contributed by atoms with Gasteiger partial charge in [-0.25, -0.2) is 0 Å². The van der Waals surface area contributed by atoms with Gasteiger partial charge in [-0.3, -0.25) is 14.9 Å². The van der Waals surface area contributed by atoms with Crippen molar-refractivity contribution in [3.63, 3.8) is 0 Å². The Kier molecular flexibility index (Phi) is 3.37. The van der Waals surface area contributed by atoms with Gasteiger partial charge >= 0.3 is 0 Å². The van der Waals surface area contributed by atoms with Crippen LogP contribution in [0.2, 0.25) is 0 Å². The van der Waals surface area contributed by atoms with Crippen LogP contribution in [0.25, 0.3) is 0 Å². The Bertz CT molecular complexity index is 417. The molecule has 0 aliphatic heterocycles. The topological polar surface area (TPSA) is 69.4 Å². The Morgan fingerprint density at radius 3 is 2.29 bits per heavy atom. The van der Waals surface area contributed by atoms with Gasteiger partial charge in [-0.05, 0) is 25.0 Å². The van der Waals surface area contributed by atoms with Gasteiger partial charge in [0, 0.05) is 25.0 Å². The number of nitro groups is 1. The maximum Gasteiger partial charge on any atom is 0.269 e. The molecule has 0 atom stereocenters. The lowest BCUT2D eigenvalue weighted by atomic mass is 9.96. The number of ether oxygens (including phenoxy) is 1. The Morgan fingerprint density at radius 1 is 1.18 bits per heavy atom. The van der Waals surface area contributed by atoms with Crippen LogP contribution < -0.4 is 4.74 Å². The van der Waals surface area contributed by atoms with E-state index in [1.165, 1.54) is 12.1 Å². The monoisotopic (exact) mass is 235 g/mol. The number of hydrogen-bond acceptors (Lipinski definition) is 4. The van der Waals surface area contributed by atoms with E-state index in [0.29, 0.717) is 18.6 Å². The van der Waals surface area contributed by atoms with Crippen molar-refractivity contribution in [3.05, 3.63) is 34.4 Å². The summed E-state index contributed by atoms with van der Waals surface area (Å²) in [5.74, 6) is 0.906. The summed E-state index contributed by atoms with van der Waals surface area (Å²) in [6.07, 6.45) is 2.65. The zero-order valence-corrected chi connectivity index (χ0v) is 9.30. The van der Waals surface area contributed by atoms with Crippen molar-refractivity contribution in [2.75, 3.05) is 0 Å². The standard InChI is InChI=1S/C12H13NO4/c14-10-3-7-12(8-4-10)17-11-5-1-9(2-6-11)13(15)16/h1-2,5-6,12H,3-4,7-8H2. The van der Waals surface area contributed by atoms with Crippen LogP contribution in [0.1, 0.15) is 25.7 Å². The van der Waals surface area contributed by atoms with Gasteiger partial charge in [0.25, 0.3) is 5.69 Å². The fraction of sp³-hybridized carbons (Fsp3) is 0.417. The zero-order valence-electron chi connectivity index (χ0n) is 9.30. The van der Waals surface area contributed by atoms with Crippen molar-refractivity contribution < 1.29 is 14.5 Å². The number of nitro benzene ring substituents is 1. The van der Waals surface area contributed by atoms with Crippen LogP contribution in [-0.2, 0) is 4.79 Å². The van der Waals surface area contributed by atoms with Gasteiger partial charge in [0.15, 0.2) is 0 Å². The van der Waals surface area contributed by atoms with E-state index in [0.717, 1.165) is 12.8 Å². The highest BCUT2D eigenvalue weighted by molar-refractivity contribution is 5.79. The molecule has 1 saturated carbocycles. The van der Waals surface area contributed by atoms with Crippen molar-refractivity contribution in [1.82, 2.24) is 0 Å². The summed E-state index contributed by atoms with van der Waals surface area (Å²) in [5.41, 5.74) is 0.0520.